The summed E-state index contributed by atoms with van der Waals surface area (Å²) in [5.41, 5.74) is 0.973. The highest BCUT2D eigenvalue weighted by atomic mass is 35.6. The van der Waals surface area contributed by atoms with Gasteiger partial charge in [0.05, 0.1) is 8.07 Å². The number of halogens is 1. The van der Waals surface area contributed by atoms with E-state index in [1.807, 2.05) is 0 Å². The van der Waals surface area contributed by atoms with Crippen molar-refractivity contribution in [3.63, 3.8) is 0 Å². The van der Waals surface area contributed by atoms with Crippen LogP contribution in [0.2, 0.25) is 36.4 Å². The van der Waals surface area contributed by atoms with Crippen molar-refractivity contribution in [1.29, 1.82) is 0 Å². The molecule has 0 aliphatic heterocycles. The topological polar surface area (TPSA) is 0 Å². The first-order valence-electron chi connectivity index (χ1n) is 6.87. The Kier molecular flexibility index (Phi) is 3.52. The average molecular weight is 285 g/mol. The summed E-state index contributed by atoms with van der Waals surface area (Å²) < 4.78 is 0.274. The lowest BCUT2D eigenvalue weighted by molar-refractivity contribution is 0.810. The number of hydrogen-bond acceptors (Lipinski definition) is 0. The molecule has 0 aromatic carbocycles. The third-order valence-electron chi connectivity index (χ3n) is 5.26. The van der Waals surface area contributed by atoms with Crippen LogP contribution >= 0.6 is 11.1 Å². The third-order valence-corrected chi connectivity index (χ3v) is 17.9. The quantitative estimate of drug-likeness (QED) is 0.475. The Morgan fingerprint density at radius 1 is 1.00 bits per heavy atom. The molecule has 0 heterocycles. The minimum Gasteiger partial charge on any atom is -0.167 e. The predicted molar refractivity (Wildman–Crippen MR) is 84.0 cm³/mol. The maximum atomic E-state index is 6.93. The van der Waals surface area contributed by atoms with E-state index >= 15 is 0 Å². The Morgan fingerprint density at radius 3 is 1.88 bits per heavy atom. The summed E-state index contributed by atoms with van der Waals surface area (Å²) in [5, 5.41) is 0. The fourth-order valence-corrected chi connectivity index (χ4v) is 17.9. The van der Waals surface area contributed by atoms with Crippen LogP contribution in [0.3, 0.4) is 0 Å². The standard InChI is InChI=1S/C14H25ClSi2/c1-16(2,13-9-5-6-10-13)14(17(3,4)15)11-7-8-12-14/h7-8,11-13H,5-6,9-10H2,1-4H3. The number of rotatable bonds is 3. The van der Waals surface area contributed by atoms with Gasteiger partial charge in [-0.25, -0.2) is 0 Å². The predicted octanol–water partition coefficient (Wildman–Crippen LogP) is 5.49. The molecule has 1 saturated carbocycles. The van der Waals surface area contributed by atoms with Gasteiger partial charge < -0.3 is 0 Å². The summed E-state index contributed by atoms with van der Waals surface area (Å²) in [6, 6.07) is 0. The first-order valence-corrected chi connectivity index (χ1v) is 14.0. The second kappa shape index (κ2) is 4.39. The van der Waals surface area contributed by atoms with E-state index in [1.165, 1.54) is 25.7 Å². The van der Waals surface area contributed by atoms with Crippen molar-refractivity contribution in [2.24, 2.45) is 0 Å². The molecule has 1 fully saturated rings. The van der Waals surface area contributed by atoms with Gasteiger partial charge in [0.1, 0.15) is 0 Å². The van der Waals surface area contributed by atoms with Crippen LogP contribution in [0.5, 0.6) is 0 Å². The second-order valence-corrected chi connectivity index (χ2v) is 19.0. The molecule has 0 unspecified atom stereocenters. The van der Waals surface area contributed by atoms with Crippen molar-refractivity contribution < 1.29 is 0 Å². The molecule has 0 spiro atoms. The molecule has 0 N–H and O–H groups in total. The van der Waals surface area contributed by atoms with Gasteiger partial charge in [0.2, 0.25) is 0 Å². The molecular formula is C14H25ClSi2. The Bertz CT molecular complexity index is 332. The maximum Gasteiger partial charge on any atom is 0.161 e. The van der Waals surface area contributed by atoms with Gasteiger partial charge in [-0.1, -0.05) is 76.2 Å². The zero-order chi connectivity index (χ0) is 12.7. The SMILES string of the molecule is C[Si](C)(Cl)C1([Si](C)(C)C2CCCC2)C=CC=C1. The average Bonchev–Trinajstić information content (AvgIpc) is 2.89. The van der Waals surface area contributed by atoms with Crippen molar-refractivity contribution in [2.45, 2.75) is 62.1 Å². The van der Waals surface area contributed by atoms with Crippen LogP contribution in [-0.2, 0) is 0 Å². The molecule has 0 aromatic rings. The van der Waals surface area contributed by atoms with Gasteiger partial charge in [-0.05, 0) is 5.54 Å². The number of allylic oxidation sites excluding steroid dienone is 4. The van der Waals surface area contributed by atoms with E-state index in [2.05, 4.69) is 50.5 Å². The summed E-state index contributed by atoms with van der Waals surface area (Å²) in [7, 11) is -3.08. The molecule has 0 aromatic heterocycles. The zero-order valence-corrected chi connectivity index (χ0v) is 14.3. The minimum absolute atomic E-state index is 0.274. The fourth-order valence-electron chi connectivity index (χ4n) is 4.05. The summed E-state index contributed by atoms with van der Waals surface area (Å²) in [4.78, 5) is 0. The Hall–Kier alpha value is 0.204. The molecule has 3 heteroatoms. The van der Waals surface area contributed by atoms with Gasteiger partial charge in [0.25, 0.3) is 0 Å². The normalized spacial score (nSPS) is 24.8. The van der Waals surface area contributed by atoms with E-state index in [1.54, 1.807) is 0 Å². The van der Waals surface area contributed by atoms with Crippen molar-refractivity contribution in [2.75, 3.05) is 0 Å². The van der Waals surface area contributed by atoms with E-state index in [0.717, 1.165) is 5.54 Å². The van der Waals surface area contributed by atoms with Gasteiger partial charge in [0, 0.05) is 4.66 Å². The number of hydrogen-bond donors (Lipinski definition) is 0. The highest BCUT2D eigenvalue weighted by Gasteiger charge is 2.57. The highest BCUT2D eigenvalue weighted by Crippen LogP contribution is 2.59. The lowest BCUT2D eigenvalue weighted by Crippen LogP contribution is -2.54. The maximum absolute atomic E-state index is 6.93. The van der Waals surface area contributed by atoms with Crippen LogP contribution in [0.25, 0.3) is 0 Å². The van der Waals surface area contributed by atoms with Crippen LogP contribution in [0.1, 0.15) is 25.7 Å². The van der Waals surface area contributed by atoms with Gasteiger partial charge in [0.15, 0.2) is 7.38 Å². The first-order chi connectivity index (χ1) is 7.81. The van der Waals surface area contributed by atoms with E-state index in [-0.39, 0.29) is 4.66 Å². The third kappa shape index (κ3) is 2.02. The lowest BCUT2D eigenvalue weighted by Gasteiger charge is -2.50. The molecule has 0 saturated heterocycles. The van der Waals surface area contributed by atoms with E-state index < -0.39 is 15.5 Å². The van der Waals surface area contributed by atoms with Gasteiger partial charge in [-0.2, -0.15) is 11.1 Å². The van der Waals surface area contributed by atoms with E-state index in [4.69, 9.17) is 11.1 Å². The monoisotopic (exact) mass is 284 g/mol. The lowest BCUT2D eigenvalue weighted by atomic mass is 10.4. The minimum atomic E-state index is -1.72. The van der Waals surface area contributed by atoms with Gasteiger partial charge in [-0.3, -0.25) is 0 Å². The van der Waals surface area contributed by atoms with E-state index in [0.29, 0.717) is 0 Å². The van der Waals surface area contributed by atoms with Crippen LogP contribution in [0, 0.1) is 0 Å². The molecule has 96 valence electrons. The highest BCUT2D eigenvalue weighted by molar-refractivity contribution is 7.26. The molecular weight excluding hydrogens is 260 g/mol. The first kappa shape index (κ1) is 13.6. The molecule has 0 radical (unpaired) electrons. The summed E-state index contributed by atoms with van der Waals surface area (Å²) in [5.74, 6) is 0. The molecule has 0 amide bonds. The molecule has 0 nitrogen and oxygen atoms in total. The Labute approximate surface area is 113 Å². The summed E-state index contributed by atoms with van der Waals surface area (Å²) in [6.07, 6.45) is 15.2. The van der Waals surface area contributed by atoms with Crippen molar-refractivity contribution in [3.05, 3.63) is 24.3 Å². The second-order valence-electron chi connectivity index (χ2n) is 6.76. The van der Waals surface area contributed by atoms with Crippen molar-refractivity contribution in [1.82, 2.24) is 0 Å². The van der Waals surface area contributed by atoms with E-state index in [9.17, 15) is 0 Å². The Morgan fingerprint density at radius 2 is 1.47 bits per heavy atom. The van der Waals surface area contributed by atoms with Crippen LogP contribution in [0.15, 0.2) is 24.3 Å². The van der Waals surface area contributed by atoms with Gasteiger partial charge in [-0.15, -0.1) is 0 Å². The van der Waals surface area contributed by atoms with Crippen LogP contribution in [-0.4, -0.2) is 15.5 Å². The van der Waals surface area contributed by atoms with Gasteiger partial charge >= 0.3 is 0 Å². The van der Waals surface area contributed by atoms with Crippen LogP contribution in [0.4, 0.5) is 0 Å². The molecule has 2 aliphatic carbocycles. The molecule has 2 rings (SSSR count). The van der Waals surface area contributed by atoms with Crippen molar-refractivity contribution in [3.8, 4) is 0 Å². The van der Waals surface area contributed by atoms with Crippen molar-refractivity contribution >= 4 is 26.5 Å². The smallest absolute Gasteiger partial charge is 0.161 e. The fraction of sp³-hybridized carbons (Fsp3) is 0.714. The molecule has 0 atom stereocenters. The van der Waals surface area contributed by atoms with Crippen LogP contribution < -0.4 is 0 Å². The molecule has 17 heavy (non-hydrogen) atoms. The molecule has 2 aliphatic rings. The summed E-state index contributed by atoms with van der Waals surface area (Å²) >= 11 is 6.93. The summed E-state index contributed by atoms with van der Waals surface area (Å²) in [6.45, 7) is 9.83. The largest absolute Gasteiger partial charge is 0.167 e. The zero-order valence-electron chi connectivity index (χ0n) is 11.6. The Balaban J connectivity index is 2.40. The molecule has 0 bridgehead atoms.